The van der Waals surface area contributed by atoms with Gasteiger partial charge in [0.25, 0.3) is 11.8 Å². The monoisotopic (exact) mass is 385 g/mol. The average Bonchev–Trinajstić information content (AvgIpc) is 2.60. The molecule has 1 aromatic carbocycles. The summed E-state index contributed by atoms with van der Waals surface area (Å²) >= 11 is 5.54. The topological polar surface area (TPSA) is 71.1 Å². The summed E-state index contributed by atoms with van der Waals surface area (Å²) in [5, 5.41) is 4.52. The highest BCUT2D eigenvalue weighted by Gasteiger charge is 2.33. The second-order valence-electron chi connectivity index (χ2n) is 5.36. The van der Waals surface area contributed by atoms with Crippen molar-refractivity contribution in [2.24, 2.45) is 0 Å². The van der Waals surface area contributed by atoms with Crippen LogP contribution in [0.3, 0.4) is 0 Å². The van der Waals surface area contributed by atoms with E-state index in [0.29, 0.717) is 6.54 Å². The molecule has 5 nitrogen and oxygen atoms in total. The van der Waals surface area contributed by atoms with Crippen molar-refractivity contribution in [3.8, 4) is 0 Å². The van der Waals surface area contributed by atoms with Crippen molar-refractivity contribution in [1.82, 2.24) is 10.3 Å². The third-order valence-electron chi connectivity index (χ3n) is 3.33. The molecule has 0 fully saturated rings. The predicted octanol–water partition coefficient (Wildman–Crippen LogP) is 4.15. The van der Waals surface area contributed by atoms with Crippen LogP contribution in [-0.2, 0) is 6.18 Å². The Kier molecular flexibility index (Phi) is 6.20. The minimum absolute atomic E-state index is 0.0395. The summed E-state index contributed by atoms with van der Waals surface area (Å²) in [7, 11) is 0. The number of carbonyl (C=O) groups is 2. The van der Waals surface area contributed by atoms with Crippen LogP contribution in [-0.4, -0.2) is 23.3 Å². The van der Waals surface area contributed by atoms with Crippen molar-refractivity contribution < 1.29 is 22.8 Å². The van der Waals surface area contributed by atoms with Crippen molar-refractivity contribution in [3.05, 3.63) is 58.4 Å². The number of benzene rings is 1. The van der Waals surface area contributed by atoms with Gasteiger partial charge in [-0.05, 0) is 30.7 Å². The van der Waals surface area contributed by atoms with Gasteiger partial charge >= 0.3 is 6.18 Å². The number of pyridine rings is 1. The highest BCUT2D eigenvalue weighted by molar-refractivity contribution is 6.31. The summed E-state index contributed by atoms with van der Waals surface area (Å²) < 4.78 is 38.6. The van der Waals surface area contributed by atoms with Crippen LogP contribution in [0, 0.1) is 0 Å². The standard InChI is InChI=1S/C17H15ClF3N3O2/c1-2-5-23-15(25)10-6-11(9-22-8-10)16(26)24-12-3-4-14(18)13(7-12)17(19,20)21/h3-4,6-9H,2,5H2,1H3,(H,23,25)(H,24,26). The number of nitrogens with zero attached hydrogens (tertiary/aromatic N) is 1. The minimum Gasteiger partial charge on any atom is -0.352 e. The van der Waals surface area contributed by atoms with Crippen LogP contribution in [0.1, 0.15) is 39.6 Å². The first-order valence-corrected chi connectivity index (χ1v) is 8.01. The number of amides is 2. The molecule has 0 atom stereocenters. The summed E-state index contributed by atoms with van der Waals surface area (Å²) in [6.45, 7) is 2.37. The van der Waals surface area contributed by atoms with Crippen LogP contribution in [0.5, 0.6) is 0 Å². The molecule has 1 heterocycles. The van der Waals surface area contributed by atoms with E-state index in [4.69, 9.17) is 11.6 Å². The molecule has 0 saturated carbocycles. The highest BCUT2D eigenvalue weighted by Crippen LogP contribution is 2.36. The maximum atomic E-state index is 12.9. The van der Waals surface area contributed by atoms with Gasteiger partial charge in [-0.1, -0.05) is 18.5 Å². The fraction of sp³-hybridized carbons (Fsp3) is 0.235. The number of hydrogen-bond donors (Lipinski definition) is 2. The van der Waals surface area contributed by atoms with Gasteiger partial charge in [-0.25, -0.2) is 0 Å². The fourth-order valence-corrected chi connectivity index (χ4v) is 2.28. The Bertz CT molecular complexity index is 825. The summed E-state index contributed by atoms with van der Waals surface area (Å²) in [5.74, 6) is -1.09. The van der Waals surface area contributed by atoms with Crippen molar-refractivity contribution in [2.45, 2.75) is 19.5 Å². The van der Waals surface area contributed by atoms with Crippen molar-refractivity contribution in [3.63, 3.8) is 0 Å². The number of halogens is 4. The van der Waals surface area contributed by atoms with Gasteiger partial charge in [0, 0.05) is 24.6 Å². The van der Waals surface area contributed by atoms with E-state index in [0.717, 1.165) is 18.6 Å². The van der Waals surface area contributed by atoms with E-state index in [-0.39, 0.29) is 22.7 Å². The maximum Gasteiger partial charge on any atom is 0.417 e. The summed E-state index contributed by atoms with van der Waals surface area (Å²) in [4.78, 5) is 28.0. The number of nitrogens with one attached hydrogen (secondary N) is 2. The Hall–Kier alpha value is -2.61. The Morgan fingerprint density at radius 1 is 1.12 bits per heavy atom. The Labute approximate surface area is 152 Å². The van der Waals surface area contributed by atoms with Gasteiger partial charge in [0.05, 0.1) is 21.7 Å². The molecule has 9 heteroatoms. The van der Waals surface area contributed by atoms with Crippen LogP contribution < -0.4 is 10.6 Å². The van der Waals surface area contributed by atoms with Gasteiger partial charge in [-0.2, -0.15) is 13.2 Å². The molecule has 2 N–H and O–H groups in total. The molecule has 0 unspecified atom stereocenters. The molecule has 0 radical (unpaired) electrons. The van der Waals surface area contributed by atoms with Gasteiger partial charge in [-0.15, -0.1) is 0 Å². The molecule has 0 saturated heterocycles. The molecule has 26 heavy (non-hydrogen) atoms. The Morgan fingerprint density at radius 2 is 1.77 bits per heavy atom. The smallest absolute Gasteiger partial charge is 0.352 e. The van der Waals surface area contributed by atoms with Crippen molar-refractivity contribution >= 4 is 29.1 Å². The van der Waals surface area contributed by atoms with E-state index >= 15 is 0 Å². The van der Waals surface area contributed by atoms with Crippen LogP contribution in [0.25, 0.3) is 0 Å². The number of rotatable bonds is 5. The second-order valence-corrected chi connectivity index (χ2v) is 5.77. The lowest BCUT2D eigenvalue weighted by Gasteiger charge is -2.12. The average molecular weight is 386 g/mol. The molecule has 2 aromatic rings. The molecule has 2 rings (SSSR count). The SMILES string of the molecule is CCCNC(=O)c1cncc(C(=O)Nc2ccc(Cl)c(C(F)(F)F)c2)c1. The number of carbonyl (C=O) groups excluding carboxylic acids is 2. The lowest BCUT2D eigenvalue weighted by atomic mass is 10.1. The largest absolute Gasteiger partial charge is 0.417 e. The lowest BCUT2D eigenvalue weighted by Crippen LogP contribution is -2.24. The summed E-state index contributed by atoms with van der Waals surface area (Å²) in [5.41, 5.74) is -0.911. The molecule has 1 aromatic heterocycles. The van der Waals surface area contributed by atoms with Crippen molar-refractivity contribution in [1.29, 1.82) is 0 Å². The minimum atomic E-state index is -4.64. The molecule has 138 valence electrons. The van der Waals surface area contributed by atoms with E-state index in [9.17, 15) is 22.8 Å². The Morgan fingerprint density at radius 3 is 2.38 bits per heavy atom. The van der Waals surface area contributed by atoms with Crippen LogP contribution in [0.2, 0.25) is 5.02 Å². The van der Waals surface area contributed by atoms with Crippen LogP contribution >= 0.6 is 11.6 Å². The number of alkyl halides is 3. The van der Waals surface area contributed by atoms with Gasteiger partial charge in [0.1, 0.15) is 0 Å². The molecule has 2 amide bonds. The molecular formula is C17H15ClF3N3O2. The first kappa shape index (κ1) is 19.7. The maximum absolute atomic E-state index is 12.9. The van der Waals surface area contributed by atoms with Crippen LogP contribution in [0.4, 0.5) is 18.9 Å². The first-order valence-electron chi connectivity index (χ1n) is 7.63. The highest BCUT2D eigenvalue weighted by atomic mass is 35.5. The molecular weight excluding hydrogens is 371 g/mol. The fourth-order valence-electron chi connectivity index (χ4n) is 2.05. The van der Waals surface area contributed by atoms with E-state index in [1.165, 1.54) is 24.5 Å². The molecule has 0 aliphatic rings. The third-order valence-corrected chi connectivity index (χ3v) is 3.66. The first-order chi connectivity index (χ1) is 12.2. The van der Waals surface area contributed by atoms with E-state index in [2.05, 4.69) is 15.6 Å². The zero-order valence-electron chi connectivity index (χ0n) is 13.7. The van der Waals surface area contributed by atoms with Gasteiger partial charge in [0.2, 0.25) is 0 Å². The van der Waals surface area contributed by atoms with E-state index < -0.39 is 22.7 Å². The normalized spacial score (nSPS) is 11.1. The van der Waals surface area contributed by atoms with Gasteiger partial charge < -0.3 is 10.6 Å². The van der Waals surface area contributed by atoms with E-state index in [1.54, 1.807) is 0 Å². The van der Waals surface area contributed by atoms with Crippen molar-refractivity contribution in [2.75, 3.05) is 11.9 Å². The molecule has 0 spiro atoms. The zero-order chi connectivity index (χ0) is 19.3. The quantitative estimate of drug-likeness (QED) is 0.812. The molecule has 0 aliphatic heterocycles. The summed E-state index contributed by atoms with van der Waals surface area (Å²) in [6, 6.07) is 4.35. The van der Waals surface area contributed by atoms with Crippen LogP contribution in [0.15, 0.2) is 36.7 Å². The van der Waals surface area contributed by atoms with E-state index in [1.807, 2.05) is 6.92 Å². The summed E-state index contributed by atoms with van der Waals surface area (Å²) in [6.07, 6.45) is -1.38. The van der Waals surface area contributed by atoms with Gasteiger partial charge in [-0.3, -0.25) is 14.6 Å². The zero-order valence-corrected chi connectivity index (χ0v) is 14.4. The predicted molar refractivity (Wildman–Crippen MR) is 91.3 cm³/mol. The lowest BCUT2D eigenvalue weighted by molar-refractivity contribution is -0.137. The molecule has 0 bridgehead atoms. The second kappa shape index (κ2) is 8.18. The number of hydrogen-bond acceptors (Lipinski definition) is 3. The Balaban J connectivity index is 2.19. The molecule has 0 aliphatic carbocycles. The third kappa shape index (κ3) is 4.95. The number of anilines is 1. The number of aromatic nitrogens is 1. The van der Waals surface area contributed by atoms with Gasteiger partial charge in [0.15, 0.2) is 0 Å².